The molecule has 0 spiro atoms. The lowest BCUT2D eigenvalue weighted by Crippen LogP contribution is -2.37. The van der Waals surface area contributed by atoms with Crippen molar-refractivity contribution in [2.24, 2.45) is 0 Å². The Bertz CT molecular complexity index is 769. The molecule has 0 saturated heterocycles. The number of rotatable bonds is 6. The molecule has 0 aliphatic carbocycles. The smallest absolute Gasteiger partial charge is 0.254 e. The zero-order chi connectivity index (χ0) is 18.4. The Balaban J connectivity index is 1.94. The van der Waals surface area contributed by atoms with Crippen molar-refractivity contribution in [1.29, 1.82) is 0 Å². The van der Waals surface area contributed by atoms with Crippen LogP contribution < -0.4 is 5.32 Å². The Morgan fingerprint density at radius 1 is 1.12 bits per heavy atom. The van der Waals surface area contributed by atoms with Crippen LogP contribution in [0.25, 0.3) is 0 Å². The number of hydrogen-bond donors (Lipinski definition) is 1. The Labute approximate surface area is 142 Å². The Morgan fingerprint density at radius 3 is 2.52 bits per heavy atom. The van der Waals surface area contributed by atoms with Crippen LogP contribution >= 0.6 is 0 Å². The maximum Gasteiger partial charge on any atom is 0.254 e. The minimum Gasteiger partial charge on any atom is -0.350 e. The van der Waals surface area contributed by atoms with Gasteiger partial charge in [0.05, 0.1) is 17.8 Å². The van der Waals surface area contributed by atoms with Gasteiger partial charge >= 0.3 is 0 Å². The number of aromatic nitrogens is 1. The van der Waals surface area contributed by atoms with E-state index in [4.69, 9.17) is 0 Å². The summed E-state index contributed by atoms with van der Waals surface area (Å²) in [6.07, 6.45) is 1.60. The summed E-state index contributed by atoms with van der Waals surface area (Å²) in [6.45, 7) is 1.80. The topological polar surface area (TPSA) is 62.3 Å². The van der Waals surface area contributed by atoms with Crippen LogP contribution in [0.1, 0.15) is 23.0 Å². The average Bonchev–Trinajstić information content (AvgIpc) is 2.59. The molecule has 2 aromatic rings. The van der Waals surface area contributed by atoms with Gasteiger partial charge in [-0.05, 0) is 24.3 Å². The molecule has 132 valence electrons. The summed E-state index contributed by atoms with van der Waals surface area (Å²) in [7, 11) is 0. The number of carbonyl (C=O) groups excluding carboxylic acids is 2. The lowest BCUT2D eigenvalue weighted by atomic mass is 10.2. The fourth-order valence-corrected chi connectivity index (χ4v) is 2.14. The highest BCUT2D eigenvalue weighted by Gasteiger charge is 2.19. The molecule has 1 aromatic heterocycles. The van der Waals surface area contributed by atoms with E-state index in [-0.39, 0.29) is 25.5 Å². The van der Waals surface area contributed by atoms with Gasteiger partial charge in [-0.25, -0.2) is 13.2 Å². The second-order valence-electron chi connectivity index (χ2n) is 5.24. The number of nitrogens with zero attached hydrogens (tertiary/aromatic N) is 2. The van der Waals surface area contributed by atoms with Crippen molar-refractivity contribution in [2.45, 2.75) is 13.5 Å². The quantitative estimate of drug-likeness (QED) is 0.812. The molecule has 1 N–H and O–H groups in total. The van der Waals surface area contributed by atoms with Crippen LogP contribution in [-0.4, -0.2) is 34.8 Å². The van der Waals surface area contributed by atoms with E-state index in [0.717, 1.165) is 6.07 Å². The first kappa shape index (κ1) is 18.4. The Morgan fingerprint density at radius 2 is 1.88 bits per heavy atom. The molecule has 0 atom stereocenters. The van der Waals surface area contributed by atoms with E-state index in [1.807, 2.05) is 0 Å². The van der Waals surface area contributed by atoms with Gasteiger partial charge < -0.3 is 10.2 Å². The van der Waals surface area contributed by atoms with Gasteiger partial charge in [-0.3, -0.25) is 14.6 Å². The van der Waals surface area contributed by atoms with Crippen LogP contribution in [0.3, 0.4) is 0 Å². The summed E-state index contributed by atoms with van der Waals surface area (Å²) in [5, 5.41) is 2.38. The van der Waals surface area contributed by atoms with E-state index in [1.165, 1.54) is 11.8 Å². The summed E-state index contributed by atoms with van der Waals surface area (Å²) in [5.74, 6) is -5.73. The first-order valence-electron chi connectivity index (χ1n) is 7.47. The number of benzene rings is 1. The fraction of sp³-hybridized carbons (Fsp3) is 0.235. The molecule has 1 aromatic carbocycles. The maximum atomic E-state index is 13.6. The highest BCUT2D eigenvalue weighted by Crippen LogP contribution is 2.14. The van der Waals surface area contributed by atoms with Gasteiger partial charge in [-0.2, -0.15) is 0 Å². The van der Waals surface area contributed by atoms with Crippen LogP contribution in [0.5, 0.6) is 0 Å². The average molecular weight is 351 g/mol. The number of carbonyl (C=O) groups is 2. The van der Waals surface area contributed by atoms with Crippen LogP contribution in [0.15, 0.2) is 36.5 Å². The second-order valence-corrected chi connectivity index (χ2v) is 5.24. The number of halogens is 3. The molecule has 0 aliphatic rings. The summed E-state index contributed by atoms with van der Waals surface area (Å²) in [5.41, 5.74) is 0.0775. The van der Waals surface area contributed by atoms with E-state index < -0.39 is 28.9 Å². The normalized spacial score (nSPS) is 10.4. The largest absolute Gasteiger partial charge is 0.350 e. The number of nitrogens with one attached hydrogen (secondary N) is 1. The van der Waals surface area contributed by atoms with Crippen molar-refractivity contribution >= 4 is 11.8 Å². The molecule has 2 amide bonds. The number of amides is 2. The first-order chi connectivity index (χ1) is 11.9. The second kappa shape index (κ2) is 8.27. The molecule has 5 nitrogen and oxygen atoms in total. The molecule has 0 unspecified atom stereocenters. The molecule has 0 saturated carbocycles. The first-order valence-corrected chi connectivity index (χ1v) is 7.47. The molecule has 25 heavy (non-hydrogen) atoms. The van der Waals surface area contributed by atoms with Gasteiger partial charge in [0.1, 0.15) is 0 Å². The van der Waals surface area contributed by atoms with Gasteiger partial charge in [0.15, 0.2) is 17.5 Å². The lowest BCUT2D eigenvalue weighted by Gasteiger charge is -2.20. The van der Waals surface area contributed by atoms with Crippen molar-refractivity contribution in [1.82, 2.24) is 15.2 Å². The van der Waals surface area contributed by atoms with E-state index in [2.05, 4.69) is 10.3 Å². The minimum atomic E-state index is -1.70. The lowest BCUT2D eigenvalue weighted by molar-refractivity contribution is -0.129. The van der Waals surface area contributed by atoms with Crippen LogP contribution in [0.2, 0.25) is 0 Å². The number of hydrogen-bond acceptors (Lipinski definition) is 3. The molecular formula is C17H16F3N3O2. The monoisotopic (exact) mass is 351 g/mol. The highest BCUT2D eigenvalue weighted by atomic mass is 19.2. The zero-order valence-electron chi connectivity index (χ0n) is 13.4. The molecule has 0 fully saturated rings. The molecule has 0 bridgehead atoms. The van der Waals surface area contributed by atoms with Gasteiger partial charge in [0, 0.05) is 26.2 Å². The summed E-state index contributed by atoms with van der Waals surface area (Å²) in [4.78, 5) is 29.1. The van der Waals surface area contributed by atoms with Crippen molar-refractivity contribution < 1.29 is 22.8 Å². The minimum absolute atomic E-state index is 0.0175. The third kappa shape index (κ3) is 4.79. The van der Waals surface area contributed by atoms with Gasteiger partial charge in [0.2, 0.25) is 5.91 Å². The standard InChI is InChI=1S/C17H16F3N3O2/c1-11(24)23(10-12-4-2-3-7-21-12)9-8-22-17(25)13-5-6-14(18)16(20)15(13)19/h2-7H,8-10H2,1H3,(H,22,25). The Hall–Kier alpha value is -2.90. The van der Waals surface area contributed by atoms with E-state index in [0.29, 0.717) is 11.8 Å². The predicted octanol–water partition coefficient (Wildman–Crippen LogP) is 2.28. The van der Waals surface area contributed by atoms with Crippen molar-refractivity contribution in [2.75, 3.05) is 13.1 Å². The molecule has 0 aliphatic heterocycles. The molecule has 2 rings (SSSR count). The molecule has 1 heterocycles. The van der Waals surface area contributed by atoms with Crippen LogP contribution in [0, 0.1) is 17.5 Å². The summed E-state index contributed by atoms with van der Waals surface area (Å²) < 4.78 is 39.6. The van der Waals surface area contributed by atoms with Gasteiger partial charge in [0.25, 0.3) is 5.91 Å². The highest BCUT2D eigenvalue weighted by molar-refractivity contribution is 5.94. The van der Waals surface area contributed by atoms with Gasteiger partial charge in [-0.15, -0.1) is 0 Å². The van der Waals surface area contributed by atoms with Crippen molar-refractivity contribution in [3.63, 3.8) is 0 Å². The Kier molecular flexibility index (Phi) is 6.10. The van der Waals surface area contributed by atoms with E-state index >= 15 is 0 Å². The van der Waals surface area contributed by atoms with E-state index in [1.54, 1.807) is 24.4 Å². The summed E-state index contributed by atoms with van der Waals surface area (Å²) in [6, 6.07) is 6.83. The molecular weight excluding hydrogens is 335 g/mol. The molecule has 8 heteroatoms. The van der Waals surface area contributed by atoms with Crippen LogP contribution in [0.4, 0.5) is 13.2 Å². The SMILES string of the molecule is CC(=O)N(CCNC(=O)c1ccc(F)c(F)c1F)Cc1ccccn1. The zero-order valence-corrected chi connectivity index (χ0v) is 13.4. The summed E-state index contributed by atoms with van der Waals surface area (Å²) >= 11 is 0. The van der Waals surface area contributed by atoms with Gasteiger partial charge in [-0.1, -0.05) is 6.07 Å². The van der Waals surface area contributed by atoms with E-state index in [9.17, 15) is 22.8 Å². The van der Waals surface area contributed by atoms with Crippen molar-refractivity contribution in [3.05, 3.63) is 65.2 Å². The number of pyridine rings is 1. The molecule has 0 radical (unpaired) electrons. The van der Waals surface area contributed by atoms with Crippen LogP contribution in [-0.2, 0) is 11.3 Å². The van der Waals surface area contributed by atoms with Crippen molar-refractivity contribution in [3.8, 4) is 0 Å². The predicted molar refractivity (Wildman–Crippen MR) is 84.0 cm³/mol. The third-order valence-electron chi connectivity index (χ3n) is 3.47. The maximum absolute atomic E-state index is 13.6. The fourth-order valence-electron chi connectivity index (χ4n) is 2.14. The third-order valence-corrected chi connectivity index (χ3v) is 3.47.